The molecule has 0 atom stereocenters. The van der Waals surface area contributed by atoms with Crippen molar-refractivity contribution in [2.24, 2.45) is 0 Å². The lowest BCUT2D eigenvalue weighted by atomic mass is 10.1. The first-order valence-corrected chi connectivity index (χ1v) is 10.6. The van der Waals surface area contributed by atoms with Crippen molar-refractivity contribution in [2.75, 3.05) is 14.2 Å². The van der Waals surface area contributed by atoms with Crippen molar-refractivity contribution in [2.45, 2.75) is 77.2 Å². The van der Waals surface area contributed by atoms with Gasteiger partial charge in [-0.3, -0.25) is 0 Å². The lowest BCUT2D eigenvalue weighted by Gasteiger charge is -2.09. The van der Waals surface area contributed by atoms with Crippen LogP contribution >= 0.6 is 0 Å². The first kappa shape index (κ1) is 21.4. The predicted octanol–water partition coefficient (Wildman–Crippen LogP) is 7.14. The second kappa shape index (κ2) is 12.5. The van der Waals surface area contributed by atoms with Crippen LogP contribution in [0.25, 0.3) is 10.9 Å². The summed E-state index contributed by atoms with van der Waals surface area (Å²) in [6.07, 6.45) is 18.9. The van der Waals surface area contributed by atoms with Crippen molar-refractivity contribution in [3.8, 4) is 11.5 Å². The Labute approximate surface area is 165 Å². The number of allylic oxidation sites excluding steroid dienone is 1. The molecule has 0 radical (unpaired) electrons. The van der Waals surface area contributed by atoms with Gasteiger partial charge in [0.05, 0.1) is 19.7 Å². The normalized spacial score (nSPS) is 11.0. The largest absolute Gasteiger partial charge is 0.497 e. The monoisotopic (exact) mass is 371 g/mol. The number of rotatable bonds is 15. The van der Waals surface area contributed by atoms with Gasteiger partial charge >= 0.3 is 0 Å². The molecule has 2 rings (SSSR count). The van der Waals surface area contributed by atoms with E-state index in [9.17, 15) is 0 Å². The Hall–Kier alpha value is -1.90. The minimum Gasteiger partial charge on any atom is -0.497 e. The highest BCUT2D eigenvalue weighted by Crippen LogP contribution is 2.32. The zero-order chi connectivity index (χ0) is 19.3. The Kier molecular flexibility index (Phi) is 9.89. The smallest absolute Gasteiger partial charge is 0.131 e. The molecular weight excluding hydrogens is 334 g/mol. The van der Waals surface area contributed by atoms with Crippen LogP contribution in [0.2, 0.25) is 0 Å². The van der Waals surface area contributed by atoms with E-state index in [0.29, 0.717) is 0 Å². The van der Waals surface area contributed by atoms with E-state index in [0.717, 1.165) is 23.4 Å². The van der Waals surface area contributed by atoms with Crippen LogP contribution in [0.1, 0.15) is 70.6 Å². The zero-order valence-corrected chi connectivity index (χ0v) is 17.3. The molecule has 150 valence electrons. The van der Waals surface area contributed by atoms with E-state index in [-0.39, 0.29) is 0 Å². The lowest BCUT2D eigenvalue weighted by Crippen LogP contribution is -1.97. The molecule has 1 aromatic carbocycles. The number of hydrogen-bond acceptors (Lipinski definition) is 2. The molecule has 3 heteroatoms. The Morgan fingerprint density at radius 2 is 1.48 bits per heavy atom. The summed E-state index contributed by atoms with van der Waals surface area (Å²) in [4.78, 5) is 0. The van der Waals surface area contributed by atoms with Crippen LogP contribution in [0.3, 0.4) is 0 Å². The van der Waals surface area contributed by atoms with Crippen LogP contribution in [0.4, 0.5) is 0 Å². The highest BCUT2D eigenvalue weighted by atomic mass is 16.5. The predicted molar refractivity (Wildman–Crippen MR) is 116 cm³/mol. The van der Waals surface area contributed by atoms with Crippen LogP contribution in [-0.4, -0.2) is 18.8 Å². The highest BCUT2D eigenvalue weighted by molar-refractivity contribution is 5.88. The van der Waals surface area contributed by atoms with Crippen molar-refractivity contribution in [1.82, 2.24) is 4.57 Å². The summed E-state index contributed by atoms with van der Waals surface area (Å²) in [5, 5.41) is 1.16. The third-order valence-corrected chi connectivity index (χ3v) is 5.34. The van der Waals surface area contributed by atoms with Gasteiger partial charge < -0.3 is 14.0 Å². The maximum atomic E-state index is 5.50. The quantitative estimate of drug-likeness (QED) is 0.245. The molecule has 0 aliphatic carbocycles. The topological polar surface area (TPSA) is 23.4 Å². The standard InChI is InChI=1S/C24H37NO2/c1-4-5-6-7-8-9-10-11-12-13-14-15-17-25-18-16-22-23(25)19-21(26-2)20-24(22)27-3/h4,16,18-20H,1,5-15,17H2,2-3H3. The van der Waals surface area contributed by atoms with Gasteiger partial charge in [-0.05, 0) is 25.3 Å². The fourth-order valence-electron chi connectivity index (χ4n) is 3.70. The van der Waals surface area contributed by atoms with E-state index in [2.05, 4.69) is 29.5 Å². The van der Waals surface area contributed by atoms with Gasteiger partial charge in [0.25, 0.3) is 0 Å². The molecular formula is C24H37NO2. The molecule has 2 aromatic rings. The molecule has 27 heavy (non-hydrogen) atoms. The molecule has 3 nitrogen and oxygen atoms in total. The molecule has 0 amide bonds. The SMILES string of the molecule is C=CCCCCCCCCCCCCn1ccc2c(OC)cc(OC)cc21. The summed E-state index contributed by atoms with van der Waals surface area (Å²) in [7, 11) is 3.42. The number of aromatic nitrogens is 1. The van der Waals surface area contributed by atoms with Crippen LogP contribution in [0.15, 0.2) is 37.1 Å². The minimum atomic E-state index is 0.851. The van der Waals surface area contributed by atoms with Gasteiger partial charge in [-0.2, -0.15) is 0 Å². The van der Waals surface area contributed by atoms with Gasteiger partial charge in [-0.1, -0.05) is 57.4 Å². The van der Waals surface area contributed by atoms with Crippen molar-refractivity contribution in [3.05, 3.63) is 37.1 Å². The highest BCUT2D eigenvalue weighted by Gasteiger charge is 2.09. The number of benzene rings is 1. The Balaban J connectivity index is 1.63. The molecule has 0 unspecified atom stereocenters. The molecule has 0 N–H and O–H groups in total. The van der Waals surface area contributed by atoms with E-state index in [1.165, 1.54) is 76.1 Å². The fourth-order valence-corrected chi connectivity index (χ4v) is 3.70. The van der Waals surface area contributed by atoms with Crippen molar-refractivity contribution >= 4 is 10.9 Å². The summed E-state index contributed by atoms with van der Waals surface area (Å²) in [6.45, 7) is 4.84. The van der Waals surface area contributed by atoms with Crippen molar-refractivity contribution < 1.29 is 9.47 Å². The summed E-state index contributed by atoms with van der Waals surface area (Å²) in [6, 6.07) is 6.20. The molecule has 0 spiro atoms. The number of fused-ring (bicyclic) bond motifs is 1. The molecule has 0 bridgehead atoms. The molecule has 0 aliphatic rings. The first-order chi connectivity index (χ1) is 13.3. The maximum Gasteiger partial charge on any atom is 0.131 e. The average molecular weight is 372 g/mol. The summed E-state index contributed by atoms with van der Waals surface area (Å²) in [5.41, 5.74) is 1.20. The number of nitrogens with zero attached hydrogens (tertiary/aromatic N) is 1. The minimum absolute atomic E-state index is 0.851. The van der Waals surface area contributed by atoms with E-state index in [1.807, 2.05) is 12.1 Å². The van der Waals surface area contributed by atoms with Crippen LogP contribution < -0.4 is 9.47 Å². The molecule has 0 saturated heterocycles. The lowest BCUT2D eigenvalue weighted by molar-refractivity contribution is 0.397. The molecule has 1 heterocycles. The van der Waals surface area contributed by atoms with Gasteiger partial charge in [0.15, 0.2) is 0 Å². The van der Waals surface area contributed by atoms with Crippen molar-refractivity contribution in [1.29, 1.82) is 0 Å². The van der Waals surface area contributed by atoms with E-state index < -0.39 is 0 Å². The first-order valence-electron chi connectivity index (χ1n) is 10.6. The Bertz CT molecular complexity index is 674. The van der Waals surface area contributed by atoms with Crippen molar-refractivity contribution in [3.63, 3.8) is 0 Å². The number of unbranched alkanes of at least 4 members (excludes halogenated alkanes) is 10. The molecule has 0 saturated carbocycles. The molecule has 1 aromatic heterocycles. The third kappa shape index (κ3) is 6.97. The number of aryl methyl sites for hydroxylation is 1. The van der Waals surface area contributed by atoms with Crippen LogP contribution in [0.5, 0.6) is 11.5 Å². The summed E-state index contributed by atoms with van der Waals surface area (Å²) < 4.78 is 13.2. The Morgan fingerprint density at radius 1 is 0.852 bits per heavy atom. The maximum absolute atomic E-state index is 5.50. The van der Waals surface area contributed by atoms with Crippen LogP contribution in [0, 0.1) is 0 Å². The average Bonchev–Trinajstić information content (AvgIpc) is 3.11. The van der Waals surface area contributed by atoms with Gasteiger partial charge in [-0.25, -0.2) is 0 Å². The zero-order valence-electron chi connectivity index (χ0n) is 17.3. The van der Waals surface area contributed by atoms with E-state index in [4.69, 9.17) is 9.47 Å². The second-order valence-corrected chi connectivity index (χ2v) is 7.38. The number of methoxy groups -OCH3 is 2. The van der Waals surface area contributed by atoms with E-state index >= 15 is 0 Å². The van der Waals surface area contributed by atoms with Gasteiger partial charge in [0.1, 0.15) is 11.5 Å². The van der Waals surface area contributed by atoms with E-state index in [1.54, 1.807) is 14.2 Å². The van der Waals surface area contributed by atoms with Gasteiger partial charge in [0.2, 0.25) is 0 Å². The van der Waals surface area contributed by atoms with Gasteiger partial charge in [0, 0.05) is 30.3 Å². The Morgan fingerprint density at radius 3 is 2.07 bits per heavy atom. The van der Waals surface area contributed by atoms with Crippen LogP contribution in [-0.2, 0) is 6.54 Å². The summed E-state index contributed by atoms with van der Waals surface area (Å²) >= 11 is 0. The summed E-state index contributed by atoms with van der Waals surface area (Å²) in [5.74, 6) is 1.73. The molecule has 0 aliphatic heterocycles. The number of ether oxygens (including phenoxy) is 2. The van der Waals surface area contributed by atoms with Gasteiger partial charge in [-0.15, -0.1) is 6.58 Å². The fraction of sp³-hybridized carbons (Fsp3) is 0.583. The number of hydrogen-bond donors (Lipinski definition) is 0. The second-order valence-electron chi connectivity index (χ2n) is 7.38. The molecule has 0 fully saturated rings. The third-order valence-electron chi connectivity index (χ3n) is 5.34.